The Morgan fingerprint density at radius 1 is 0.821 bits per heavy atom. The molecule has 0 saturated carbocycles. The summed E-state index contributed by atoms with van der Waals surface area (Å²) in [6.07, 6.45) is 1.58. The van der Waals surface area contributed by atoms with Crippen molar-refractivity contribution in [3.63, 3.8) is 0 Å². The van der Waals surface area contributed by atoms with Crippen molar-refractivity contribution in [3.05, 3.63) is 91.1 Å². The molecule has 0 bridgehead atoms. The molecule has 0 aliphatic rings. The molecule has 4 aromatic rings. The molecule has 1 N–H and O–H groups in total. The number of ether oxygens (including phenoxy) is 1. The fourth-order valence-electron chi connectivity index (χ4n) is 2.68. The molecular formula is C22H19N5O. The Bertz CT molecular complexity index is 1040. The summed E-state index contributed by atoms with van der Waals surface area (Å²) in [7, 11) is 1.91. The average molecular weight is 369 g/mol. The molecule has 6 nitrogen and oxygen atoms in total. The highest BCUT2D eigenvalue weighted by atomic mass is 16.5. The molecule has 0 radical (unpaired) electrons. The lowest BCUT2D eigenvalue weighted by molar-refractivity contribution is 0.485. The molecule has 1 heterocycles. The van der Waals surface area contributed by atoms with E-state index in [9.17, 15) is 0 Å². The van der Waals surface area contributed by atoms with E-state index in [2.05, 4.69) is 20.5 Å². The fraction of sp³-hybridized carbons (Fsp3) is 0.0455. The SMILES string of the molecule is CN(c1ccccc1)c1nncc(Nc2ccccc2Oc2ccccc2)n1. The summed E-state index contributed by atoms with van der Waals surface area (Å²) in [5, 5.41) is 11.5. The van der Waals surface area contributed by atoms with Gasteiger partial charge in [0.1, 0.15) is 5.75 Å². The van der Waals surface area contributed by atoms with Crippen LogP contribution in [0.3, 0.4) is 0 Å². The largest absolute Gasteiger partial charge is 0.455 e. The van der Waals surface area contributed by atoms with Gasteiger partial charge in [0.05, 0.1) is 11.9 Å². The first-order valence-corrected chi connectivity index (χ1v) is 8.87. The molecule has 138 valence electrons. The third-order valence-corrected chi connectivity index (χ3v) is 4.11. The Balaban J connectivity index is 1.57. The number of rotatable bonds is 6. The Kier molecular flexibility index (Phi) is 5.11. The van der Waals surface area contributed by atoms with Crippen LogP contribution < -0.4 is 15.0 Å². The van der Waals surface area contributed by atoms with Crippen molar-refractivity contribution >= 4 is 23.1 Å². The molecule has 0 spiro atoms. The molecule has 0 aliphatic heterocycles. The van der Waals surface area contributed by atoms with Gasteiger partial charge in [-0.2, -0.15) is 10.1 Å². The van der Waals surface area contributed by atoms with Crippen molar-refractivity contribution in [2.24, 2.45) is 0 Å². The molecular weight excluding hydrogens is 350 g/mol. The zero-order valence-corrected chi connectivity index (χ0v) is 15.4. The van der Waals surface area contributed by atoms with Crippen molar-refractivity contribution in [3.8, 4) is 11.5 Å². The van der Waals surface area contributed by atoms with Gasteiger partial charge in [-0.05, 0) is 36.4 Å². The van der Waals surface area contributed by atoms with Gasteiger partial charge in [-0.15, -0.1) is 5.10 Å². The van der Waals surface area contributed by atoms with E-state index in [4.69, 9.17) is 4.74 Å². The van der Waals surface area contributed by atoms with Crippen LogP contribution in [0.2, 0.25) is 0 Å². The van der Waals surface area contributed by atoms with Crippen molar-refractivity contribution in [2.75, 3.05) is 17.3 Å². The normalized spacial score (nSPS) is 10.3. The molecule has 0 unspecified atom stereocenters. The summed E-state index contributed by atoms with van der Waals surface area (Å²) in [6.45, 7) is 0. The number of hydrogen-bond acceptors (Lipinski definition) is 6. The van der Waals surface area contributed by atoms with Crippen LogP contribution in [0.15, 0.2) is 91.1 Å². The van der Waals surface area contributed by atoms with Gasteiger partial charge in [0.15, 0.2) is 11.6 Å². The van der Waals surface area contributed by atoms with Crippen LogP contribution in [0.1, 0.15) is 0 Å². The Hall–Kier alpha value is -3.93. The maximum absolute atomic E-state index is 5.99. The molecule has 0 aliphatic carbocycles. The van der Waals surface area contributed by atoms with Gasteiger partial charge in [-0.3, -0.25) is 0 Å². The van der Waals surface area contributed by atoms with Gasteiger partial charge in [-0.1, -0.05) is 48.5 Å². The lowest BCUT2D eigenvalue weighted by Crippen LogP contribution is -2.14. The molecule has 0 fully saturated rings. The summed E-state index contributed by atoms with van der Waals surface area (Å²) in [5.74, 6) is 2.54. The van der Waals surface area contributed by atoms with E-state index in [1.54, 1.807) is 6.20 Å². The Morgan fingerprint density at radius 3 is 2.29 bits per heavy atom. The van der Waals surface area contributed by atoms with Crippen molar-refractivity contribution in [1.29, 1.82) is 0 Å². The van der Waals surface area contributed by atoms with E-state index < -0.39 is 0 Å². The summed E-state index contributed by atoms with van der Waals surface area (Å²) >= 11 is 0. The van der Waals surface area contributed by atoms with Gasteiger partial charge in [0.2, 0.25) is 0 Å². The lowest BCUT2D eigenvalue weighted by atomic mass is 10.3. The maximum atomic E-state index is 5.99. The maximum Gasteiger partial charge on any atom is 0.251 e. The third-order valence-electron chi connectivity index (χ3n) is 4.11. The van der Waals surface area contributed by atoms with Gasteiger partial charge in [0.25, 0.3) is 5.95 Å². The second-order valence-electron chi connectivity index (χ2n) is 6.07. The number of para-hydroxylation sites is 4. The second-order valence-corrected chi connectivity index (χ2v) is 6.07. The minimum atomic E-state index is 0.498. The summed E-state index contributed by atoms with van der Waals surface area (Å²) in [5.41, 5.74) is 1.77. The van der Waals surface area contributed by atoms with Gasteiger partial charge >= 0.3 is 0 Å². The summed E-state index contributed by atoms with van der Waals surface area (Å²) in [6, 6.07) is 27.2. The van der Waals surface area contributed by atoms with Gasteiger partial charge in [-0.25, -0.2) is 0 Å². The number of aromatic nitrogens is 3. The Morgan fingerprint density at radius 2 is 1.50 bits per heavy atom. The smallest absolute Gasteiger partial charge is 0.251 e. The van der Waals surface area contributed by atoms with Crippen LogP contribution in [0.5, 0.6) is 11.5 Å². The van der Waals surface area contributed by atoms with Crippen LogP contribution >= 0.6 is 0 Å². The number of nitrogens with one attached hydrogen (secondary N) is 1. The molecule has 3 aromatic carbocycles. The third kappa shape index (κ3) is 4.07. The van der Waals surface area contributed by atoms with Crippen molar-refractivity contribution < 1.29 is 4.74 Å². The highest BCUT2D eigenvalue weighted by molar-refractivity contribution is 5.65. The minimum Gasteiger partial charge on any atom is -0.455 e. The second kappa shape index (κ2) is 8.18. The van der Waals surface area contributed by atoms with E-state index in [1.165, 1.54) is 0 Å². The quantitative estimate of drug-likeness (QED) is 0.505. The molecule has 4 rings (SSSR count). The predicted molar refractivity (Wildman–Crippen MR) is 111 cm³/mol. The van der Waals surface area contributed by atoms with Crippen LogP contribution in [0.4, 0.5) is 23.1 Å². The highest BCUT2D eigenvalue weighted by Gasteiger charge is 2.10. The zero-order chi connectivity index (χ0) is 19.2. The van der Waals surface area contributed by atoms with Crippen LogP contribution in [0.25, 0.3) is 0 Å². The molecule has 0 atom stereocenters. The summed E-state index contributed by atoms with van der Waals surface area (Å²) in [4.78, 5) is 6.46. The first kappa shape index (κ1) is 17.5. The molecule has 1 aromatic heterocycles. The number of anilines is 4. The standard InChI is InChI=1S/C22H19N5O/c1-27(17-10-4-2-5-11-17)22-25-21(16-23-26-22)24-19-14-8-9-15-20(19)28-18-12-6-3-7-13-18/h2-16H,1H3,(H,24,25,26). The lowest BCUT2D eigenvalue weighted by Gasteiger charge is -2.17. The molecule has 6 heteroatoms. The minimum absolute atomic E-state index is 0.498. The van der Waals surface area contributed by atoms with Crippen LogP contribution in [-0.2, 0) is 0 Å². The number of nitrogens with zero attached hydrogens (tertiary/aromatic N) is 4. The van der Waals surface area contributed by atoms with Gasteiger partial charge in [0, 0.05) is 12.7 Å². The van der Waals surface area contributed by atoms with E-state index in [0.29, 0.717) is 17.5 Å². The van der Waals surface area contributed by atoms with Crippen LogP contribution in [0, 0.1) is 0 Å². The van der Waals surface area contributed by atoms with E-state index in [0.717, 1.165) is 17.1 Å². The number of benzene rings is 3. The highest BCUT2D eigenvalue weighted by Crippen LogP contribution is 2.31. The summed E-state index contributed by atoms with van der Waals surface area (Å²) < 4.78 is 5.99. The topological polar surface area (TPSA) is 63.2 Å². The first-order chi connectivity index (χ1) is 13.8. The van der Waals surface area contributed by atoms with E-state index in [-0.39, 0.29) is 0 Å². The van der Waals surface area contributed by atoms with E-state index >= 15 is 0 Å². The Labute approximate surface area is 163 Å². The van der Waals surface area contributed by atoms with Crippen molar-refractivity contribution in [2.45, 2.75) is 0 Å². The average Bonchev–Trinajstić information content (AvgIpc) is 2.76. The molecule has 0 amide bonds. The fourth-order valence-corrected chi connectivity index (χ4v) is 2.68. The van der Waals surface area contributed by atoms with Crippen molar-refractivity contribution in [1.82, 2.24) is 15.2 Å². The first-order valence-electron chi connectivity index (χ1n) is 8.87. The monoisotopic (exact) mass is 369 g/mol. The van der Waals surface area contributed by atoms with E-state index in [1.807, 2.05) is 96.9 Å². The van der Waals surface area contributed by atoms with Crippen LogP contribution in [-0.4, -0.2) is 22.2 Å². The zero-order valence-electron chi connectivity index (χ0n) is 15.4. The molecule has 0 saturated heterocycles. The molecule has 28 heavy (non-hydrogen) atoms. The number of hydrogen-bond donors (Lipinski definition) is 1. The van der Waals surface area contributed by atoms with Gasteiger partial charge < -0.3 is 15.0 Å². The predicted octanol–water partition coefficient (Wildman–Crippen LogP) is 5.18.